The maximum Gasteiger partial charge on any atom is 0.407 e. The third kappa shape index (κ3) is 5.51. The topological polar surface area (TPSA) is 90.9 Å². The average molecular weight is 370 g/mol. The number of amides is 2. The van der Waals surface area contributed by atoms with Crippen molar-refractivity contribution >= 4 is 35.0 Å². The Kier molecular flexibility index (Phi) is 7.33. The SMILES string of the molecule is COCCCNc1c(Cl)cccc1NC(=O)C1CCCN(C(=O)O)C1. The van der Waals surface area contributed by atoms with Crippen LogP contribution in [0.4, 0.5) is 16.2 Å². The lowest BCUT2D eigenvalue weighted by Crippen LogP contribution is -2.43. The molecule has 2 amide bonds. The van der Waals surface area contributed by atoms with Gasteiger partial charge >= 0.3 is 6.09 Å². The van der Waals surface area contributed by atoms with E-state index >= 15 is 0 Å². The van der Waals surface area contributed by atoms with Crippen LogP contribution in [0.15, 0.2) is 18.2 Å². The van der Waals surface area contributed by atoms with Crippen molar-refractivity contribution in [2.24, 2.45) is 5.92 Å². The van der Waals surface area contributed by atoms with Gasteiger partial charge < -0.3 is 25.4 Å². The molecule has 1 fully saturated rings. The maximum atomic E-state index is 12.6. The summed E-state index contributed by atoms with van der Waals surface area (Å²) in [5.74, 6) is -0.543. The van der Waals surface area contributed by atoms with Gasteiger partial charge in [0.25, 0.3) is 0 Å². The Morgan fingerprint density at radius 2 is 2.24 bits per heavy atom. The van der Waals surface area contributed by atoms with Crippen LogP contribution in [0, 0.1) is 5.92 Å². The van der Waals surface area contributed by atoms with Crippen LogP contribution in [-0.4, -0.2) is 55.4 Å². The van der Waals surface area contributed by atoms with E-state index < -0.39 is 6.09 Å². The molecular weight excluding hydrogens is 346 g/mol. The highest BCUT2D eigenvalue weighted by molar-refractivity contribution is 6.34. The zero-order valence-corrected chi connectivity index (χ0v) is 15.0. The Hall–Kier alpha value is -1.99. The summed E-state index contributed by atoms with van der Waals surface area (Å²) in [6.45, 7) is 1.99. The fourth-order valence-electron chi connectivity index (χ4n) is 2.84. The second kappa shape index (κ2) is 9.48. The van der Waals surface area contributed by atoms with Crippen molar-refractivity contribution in [3.63, 3.8) is 0 Å². The molecule has 1 aromatic carbocycles. The summed E-state index contributed by atoms with van der Waals surface area (Å²) in [6, 6.07) is 5.30. The fourth-order valence-corrected chi connectivity index (χ4v) is 3.08. The van der Waals surface area contributed by atoms with Gasteiger partial charge in [-0.25, -0.2) is 4.79 Å². The standard InChI is InChI=1S/C17H24ClN3O4/c1-25-10-4-8-19-15-13(18)6-2-7-14(15)20-16(22)12-5-3-9-21(11-12)17(23)24/h2,6-7,12,19H,3-5,8-11H2,1H3,(H,20,22)(H,23,24). The molecule has 0 bridgehead atoms. The molecule has 1 unspecified atom stereocenters. The van der Waals surface area contributed by atoms with Gasteiger partial charge in [0.1, 0.15) is 0 Å². The summed E-state index contributed by atoms with van der Waals surface area (Å²) < 4.78 is 5.02. The highest BCUT2D eigenvalue weighted by Gasteiger charge is 2.28. The number of hydrogen-bond donors (Lipinski definition) is 3. The number of para-hydroxylation sites is 1. The van der Waals surface area contributed by atoms with E-state index in [0.717, 1.165) is 6.42 Å². The molecule has 1 atom stereocenters. The molecule has 0 radical (unpaired) electrons. The van der Waals surface area contributed by atoms with Crippen molar-refractivity contribution in [3.05, 3.63) is 23.2 Å². The van der Waals surface area contributed by atoms with E-state index in [1.165, 1.54) is 4.90 Å². The van der Waals surface area contributed by atoms with Gasteiger partial charge in [-0.3, -0.25) is 4.79 Å². The molecule has 8 heteroatoms. The third-order valence-corrected chi connectivity index (χ3v) is 4.48. The largest absolute Gasteiger partial charge is 0.465 e. The van der Waals surface area contributed by atoms with Crippen LogP contribution in [0.25, 0.3) is 0 Å². The molecule has 0 spiro atoms. The highest BCUT2D eigenvalue weighted by atomic mass is 35.5. The molecule has 3 N–H and O–H groups in total. The second-order valence-electron chi connectivity index (χ2n) is 5.99. The van der Waals surface area contributed by atoms with Gasteiger partial charge in [0.15, 0.2) is 0 Å². The average Bonchev–Trinajstić information content (AvgIpc) is 2.60. The molecule has 0 aliphatic carbocycles. The Labute approximate surface area is 152 Å². The van der Waals surface area contributed by atoms with Crippen LogP contribution >= 0.6 is 11.6 Å². The number of carbonyl (C=O) groups excluding carboxylic acids is 1. The fraction of sp³-hybridized carbons (Fsp3) is 0.529. The molecule has 1 aliphatic rings. The molecule has 2 rings (SSSR count). The molecule has 7 nitrogen and oxygen atoms in total. The maximum absolute atomic E-state index is 12.6. The number of benzene rings is 1. The zero-order chi connectivity index (χ0) is 18.2. The van der Waals surface area contributed by atoms with E-state index in [0.29, 0.717) is 48.9 Å². The predicted octanol–water partition coefficient (Wildman–Crippen LogP) is 3.12. The predicted molar refractivity (Wildman–Crippen MR) is 97.4 cm³/mol. The molecule has 138 valence electrons. The first kappa shape index (κ1) is 19.3. The first-order chi connectivity index (χ1) is 12.0. The number of carboxylic acid groups (broad SMARTS) is 1. The van der Waals surface area contributed by atoms with Crippen molar-refractivity contribution in [1.82, 2.24) is 4.90 Å². The van der Waals surface area contributed by atoms with Gasteiger partial charge in [0, 0.05) is 33.4 Å². The molecule has 1 saturated heterocycles. The molecule has 0 aromatic heterocycles. The monoisotopic (exact) mass is 369 g/mol. The number of carbonyl (C=O) groups is 2. The summed E-state index contributed by atoms with van der Waals surface area (Å²) in [5, 5.41) is 15.7. The lowest BCUT2D eigenvalue weighted by Gasteiger charge is -2.30. The van der Waals surface area contributed by atoms with Gasteiger partial charge in [0.2, 0.25) is 5.91 Å². The summed E-state index contributed by atoms with van der Waals surface area (Å²) in [6.07, 6.45) is 1.18. The van der Waals surface area contributed by atoms with Gasteiger partial charge in [-0.2, -0.15) is 0 Å². The molecular formula is C17H24ClN3O4. The summed E-state index contributed by atoms with van der Waals surface area (Å²) >= 11 is 6.25. The third-order valence-electron chi connectivity index (χ3n) is 4.16. The molecule has 25 heavy (non-hydrogen) atoms. The van der Waals surface area contributed by atoms with E-state index in [9.17, 15) is 9.59 Å². The van der Waals surface area contributed by atoms with Crippen molar-refractivity contribution in [3.8, 4) is 0 Å². The van der Waals surface area contributed by atoms with Crippen LogP contribution in [0.2, 0.25) is 5.02 Å². The minimum atomic E-state index is -0.985. The van der Waals surface area contributed by atoms with Crippen molar-refractivity contribution in [2.75, 3.05) is 44.0 Å². The summed E-state index contributed by atoms with van der Waals surface area (Å²) in [4.78, 5) is 24.9. The summed E-state index contributed by atoms with van der Waals surface area (Å²) in [5.41, 5.74) is 1.27. The van der Waals surface area contributed by atoms with Crippen LogP contribution in [0.1, 0.15) is 19.3 Å². The normalized spacial score (nSPS) is 17.2. The van der Waals surface area contributed by atoms with Gasteiger partial charge in [-0.15, -0.1) is 0 Å². The number of ether oxygens (including phenoxy) is 1. The molecule has 0 saturated carbocycles. The highest BCUT2D eigenvalue weighted by Crippen LogP contribution is 2.31. The Morgan fingerprint density at radius 1 is 1.44 bits per heavy atom. The number of halogens is 1. The molecule has 1 heterocycles. The first-order valence-corrected chi connectivity index (χ1v) is 8.70. The minimum Gasteiger partial charge on any atom is -0.465 e. The Bertz CT molecular complexity index is 612. The number of likely N-dealkylation sites (tertiary alicyclic amines) is 1. The number of rotatable bonds is 7. The number of hydrogen-bond acceptors (Lipinski definition) is 4. The van der Waals surface area contributed by atoms with Crippen molar-refractivity contribution in [1.29, 1.82) is 0 Å². The quantitative estimate of drug-likeness (QED) is 0.642. The van der Waals surface area contributed by atoms with Gasteiger partial charge in [-0.1, -0.05) is 17.7 Å². The molecule has 1 aromatic rings. The number of nitrogens with one attached hydrogen (secondary N) is 2. The second-order valence-corrected chi connectivity index (χ2v) is 6.40. The van der Waals surface area contributed by atoms with Crippen molar-refractivity contribution in [2.45, 2.75) is 19.3 Å². The van der Waals surface area contributed by atoms with Crippen molar-refractivity contribution < 1.29 is 19.4 Å². The molecule has 1 aliphatic heterocycles. The van der Waals surface area contributed by atoms with Crippen LogP contribution in [0.5, 0.6) is 0 Å². The van der Waals surface area contributed by atoms with E-state index in [4.69, 9.17) is 21.4 Å². The number of methoxy groups -OCH3 is 1. The van der Waals surface area contributed by atoms with Gasteiger partial charge in [0.05, 0.1) is 22.3 Å². The smallest absolute Gasteiger partial charge is 0.407 e. The minimum absolute atomic E-state index is 0.187. The number of anilines is 2. The summed E-state index contributed by atoms with van der Waals surface area (Å²) in [7, 11) is 1.64. The van der Waals surface area contributed by atoms with Crippen LogP contribution < -0.4 is 10.6 Å². The van der Waals surface area contributed by atoms with Crippen LogP contribution in [-0.2, 0) is 9.53 Å². The Balaban J connectivity index is 2.02. The van der Waals surface area contributed by atoms with E-state index in [1.807, 2.05) is 0 Å². The van der Waals surface area contributed by atoms with E-state index in [2.05, 4.69) is 10.6 Å². The Morgan fingerprint density at radius 3 is 2.96 bits per heavy atom. The number of nitrogens with zero attached hydrogens (tertiary/aromatic N) is 1. The van der Waals surface area contributed by atoms with E-state index in [1.54, 1.807) is 25.3 Å². The van der Waals surface area contributed by atoms with E-state index in [-0.39, 0.29) is 18.4 Å². The first-order valence-electron chi connectivity index (χ1n) is 8.33. The number of piperidine rings is 1. The lowest BCUT2D eigenvalue weighted by molar-refractivity contribution is -0.121. The van der Waals surface area contributed by atoms with Crippen LogP contribution in [0.3, 0.4) is 0 Å². The zero-order valence-electron chi connectivity index (χ0n) is 14.3. The van der Waals surface area contributed by atoms with Gasteiger partial charge in [-0.05, 0) is 31.4 Å². The lowest BCUT2D eigenvalue weighted by atomic mass is 9.97.